The quantitative estimate of drug-likeness (QED) is 0.808. The molecule has 0 fully saturated rings. The van der Waals surface area contributed by atoms with Crippen molar-refractivity contribution in [3.63, 3.8) is 0 Å². The second-order valence-corrected chi connectivity index (χ2v) is 4.01. The zero-order valence-corrected chi connectivity index (χ0v) is 10.1. The van der Waals surface area contributed by atoms with Gasteiger partial charge in [0.1, 0.15) is 0 Å². The van der Waals surface area contributed by atoms with E-state index in [2.05, 4.69) is 11.9 Å². The number of nitrogens with one attached hydrogen (secondary N) is 1. The van der Waals surface area contributed by atoms with Crippen LogP contribution in [0, 0.1) is 0 Å². The molecule has 1 N–H and O–H groups in total. The first kappa shape index (κ1) is 12.1. The number of carbonyl (C=O) groups excluding carboxylic acids is 1. The summed E-state index contributed by atoms with van der Waals surface area (Å²) in [5.41, 5.74) is 2.65. The standard InChI is InChI=1S/C16H15NO/c1-2-6-13-9-11-15(12-10-13)17-16(18)14-7-4-3-5-8-14/h2-5,7-12H,1,6H2,(H,17,18). The van der Waals surface area contributed by atoms with Gasteiger partial charge in [0.15, 0.2) is 0 Å². The largest absolute Gasteiger partial charge is 0.322 e. The van der Waals surface area contributed by atoms with Crippen molar-refractivity contribution in [3.05, 3.63) is 78.4 Å². The van der Waals surface area contributed by atoms with Gasteiger partial charge in [-0.3, -0.25) is 4.79 Å². The summed E-state index contributed by atoms with van der Waals surface area (Å²) in [7, 11) is 0. The van der Waals surface area contributed by atoms with Crippen LogP contribution in [0.2, 0.25) is 0 Å². The topological polar surface area (TPSA) is 29.1 Å². The van der Waals surface area contributed by atoms with Gasteiger partial charge in [-0.05, 0) is 36.2 Å². The third-order valence-electron chi connectivity index (χ3n) is 2.63. The molecule has 2 aromatic carbocycles. The van der Waals surface area contributed by atoms with Crippen LogP contribution in [0.3, 0.4) is 0 Å². The second kappa shape index (κ2) is 5.82. The average molecular weight is 237 g/mol. The number of rotatable bonds is 4. The van der Waals surface area contributed by atoms with E-state index in [-0.39, 0.29) is 5.91 Å². The van der Waals surface area contributed by atoms with E-state index in [0.29, 0.717) is 5.56 Å². The van der Waals surface area contributed by atoms with E-state index in [9.17, 15) is 4.79 Å². The normalized spacial score (nSPS) is 9.78. The molecule has 0 bridgehead atoms. The van der Waals surface area contributed by atoms with E-state index in [4.69, 9.17) is 0 Å². The Balaban J connectivity index is 2.05. The lowest BCUT2D eigenvalue weighted by Gasteiger charge is -2.05. The number of benzene rings is 2. The molecule has 0 aromatic heterocycles. The molecule has 0 aliphatic carbocycles. The predicted octanol–water partition coefficient (Wildman–Crippen LogP) is 3.67. The Kier molecular flexibility index (Phi) is 3.92. The van der Waals surface area contributed by atoms with E-state index < -0.39 is 0 Å². The molecule has 0 aliphatic heterocycles. The molecular weight excluding hydrogens is 222 g/mol. The Morgan fingerprint density at radius 2 is 1.72 bits per heavy atom. The molecule has 18 heavy (non-hydrogen) atoms. The maximum absolute atomic E-state index is 11.9. The van der Waals surface area contributed by atoms with Gasteiger partial charge < -0.3 is 5.32 Å². The number of anilines is 1. The SMILES string of the molecule is C=CCc1ccc(NC(=O)c2ccccc2)cc1. The Bertz CT molecular complexity index is 529. The minimum absolute atomic E-state index is 0.0907. The minimum atomic E-state index is -0.0907. The first-order valence-corrected chi connectivity index (χ1v) is 5.86. The zero-order chi connectivity index (χ0) is 12.8. The molecule has 2 rings (SSSR count). The number of hydrogen-bond acceptors (Lipinski definition) is 1. The molecule has 2 nitrogen and oxygen atoms in total. The fraction of sp³-hybridized carbons (Fsp3) is 0.0625. The fourth-order valence-electron chi connectivity index (χ4n) is 1.68. The van der Waals surface area contributed by atoms with E-state index in [1.807, 2.05) is 48.5 Å². The highest BCUT2D eigenvalue weighted by molar-refractivity contribution is 6.04. The van der Waals surface area contributed by atoms with Crippen LogP contribution in [0.1, 0.15) is 15.9 Å². The molecule has 0 heterocycles. The lowest BCUT2D eigenvalue weighted by molar-refractivity contribution is 0.102. The van der Waals surface area contributed by atoms with Crippen LogP contribution in [-0.4, -0.2) is 5.91 Å². The van der Waals surface area contributed by atoms with Gasteiger partial charge in [-0.25, -0.2) is 0 Å². The van der Waals surface area contributed by atoms with Crippen molar-refractivity contribution in [3.8, 4) is 0 Å². The van der Waals surface area contributed by atoms with Crippen molar-refractivity contribution in [2.24, 2.45) is 0 Å². The Morgan fingerprint density at radius 3 is 2.33 bits per heavy atom. The summed E-state index contributed by atoms with van der Waals surface area (Å²) >= 11 is 0. The van der Waals surface area contributed by atoms with Crippen LogP contribution >= 0.6 is 0 Å². The van der Waals surface area contributed by atoms with Crippen LogP contribution in [0.25, 0.3) is 0 Å². The van der Waals surface area contributed by atoms with Crippen LogP contribution < -0.4 is 5.32 Å². The van der Waals surface area contributed by atoms with Gasteiger partial charge >= 0.3 is 0 Å². The van der Waals surface area contributed by atoms with Gasteiger partial charge in [0, 0.05) is 11.3 Å². The third kappa shape index (κ3) is 3.08. The van der Waals surface area contributed by atoms with Gasteiger partial charge in [0.25, 0.3) is 5.91 Å². The highest BCUT2D eigenvalue weighted by atomic mass is 16.1. The molecule has 2 heteroatoms. The number of amides is 1. The van der Waals surface area contributed by atoms with E-state index >= 15 is 0 Å². The van der Waals surface area contributed by atoms with Gasteiger partial charge in [0.05, 0.1) is 0 Å². The van der Waals surface area contributed by atoms with Crippen molar-refractivity contribution in [1.29, 1.82) is 0 Å². The maximum Gasteiger partial charge on any atom is 0.255 e. The van der Waals surface area contributed by atoms with Crippen LogP contribution in [0.15, 0.2) is 67.3 Å². The van der Waals surface area contributed by atoms with E-state index in [1.54, 1.807) is 12.1 Å². The number of hydrogen-bond donors (Lipinski definition) is 1. The van der Waals surface area contributed by atoms with Gasteiger partial charge in [0.2, 0.25) is 0 Å². The lowest BCUT2D eigenvalue weighted by Crippen LogP contribution is -2.11. The summed E-state index contributed by atoms with van der Waals surface area (Å²) in [6.45, 7) is 3.70. The molecule has 0 saturated carbocycles. The number of carbonyl (C=O) groups is 1. The summed E-state index contributed by atoms with van der Waals surface area (Å²) in [5, 5.41) is 2.86. The van der Waals surface area contributed by atoms with Crippen molar-refractivity contribution >= 4 is 11.6 Å². The highest BCUT2D eigenvalue weighted by Gasteiger charge is 2.04. The summed E-state index contributed by atoms with van der Waals surface area (Å²) in [4.78, 5) is 11.9. The molecule has 0 atom stereocenters. The fourth-order valence-corrected chi connectivity index (χ4v) is 1.68. The predicted molar refractivity (Wildman–Crippen MR) is 74.7 cm³/mol. The summed E-state index contributed by atoms with van der Waals surface area (Å²) < 4.78 is 0. The van der Waals surface area contributed by atoms with E-state index in [1.165, 1.54) is 5.56 Å². The van der Waals surface area contributed by atoms with Crippen LogP contribution in [-0.2, 0) is 6.42 Å². The summed E-state index contributed by atoms with van der Waals surface area (Å²) in [6, 6.07) is 17.0. The Hall–Kier alpha value is -2.35. The van der Waals surface area contributed by atoms with E-state index in [0.717, 1.165) is 12.1 Å². The van der Waals surface area contributed by atoms with Crippen molar-refractivity contribution in [2.75, 3.05) is 5.32 Å². The molecule has 1 amide bonds. The van der Waals surface area contributed by atoms with Crippen LogP contribution in [0.5, 0.6) is 0 Å². The molecule has 0 spiro atoms. The first-order chi connectivity index (χ1) is 8.79. The molecule has 0 radical (unpaired) electrons. The third-order valence-corrected chi connectivity index (χ3v) is 2.63. The van der Waals surface area contributed by atoms with Crippen molar-refractivity contribution in [2.45, 2.75) is 6.42 Å². The maximum atomic E-state index is 11.9. The number of allylic oxidation sites excluding steroid dienone is 1. The van der Waals surface area contributed by atoms with Gasteiger partial charge in [-0.2, -0.15) is 0 Å². The van der Waals surface area contributed by atoms with Gasteiger partial charge in [-0.1, -0.05) is 36.4 Å². The minimum Gasteiger partial charge on any atom is -0.322 e. The molecule has 90 valence electrons. The lowest BCUT2D eigenvalue weighted by atomic mass is 10.1. The van der Waals surface area contributed by atoms with Crippen molar-refractivity contribution in [1.82, 2.24) is 0 Å². The Morgan fingerprint density at radius 1 is 1.06 bits per heavy atom. The molecule has 0 unspecified atom stereocenters. The molecule has 0 aliphatic rings. The summed E-state index contributed by atoms with van der Waals surface area (Å²) in [6.07, 6.45) is 2.70. The molecule has 2 aromatic rings. The zero-order valence-electron chi connectivity index (χ0n) is 10.1. The Labute approximate surface area is 107 Å². The first-order valence-electron chi connectivity index (χ1n) is 5.86. The van der Waals surface area contributed by atoms with Crippen molar-refractivity contribution < 1.29 is 4.79 Å². The average Bonchev–Trinajstić information content (AvgIpc) is 2.42. The smallest absolute Gasteiger partial charge is 0.255 e. The monoisotopic (exact) mass is 237 g/mol. The molecular formula is C16H15NO. The highest BCUT2D eigenvalue weighted by Crippen LogP contribution is 2.12. The van der Waals surface area contributed by atoms with Gasteiger partial charge in [-0.15, -0.1) is 6.58 Å². The van der Waals surface area contributed by atoms with Crippen LogP contribution in [0.4, 0.5) is 5.69 Å². The summed E-state index contributed by atoms with van der Waals surface area (Å²) in [5.74, 6) is -0.0907. The molecule has 0 saturated heterocycles. The second-order valence-electron chi connectivity index (χ2n) is 4.01.